The first-order valence-corrected chi connectivity index (χ1v) is 8.84. The van der Waals surface area contributed by atoms with E-state index in [0.29, 0.717) is 30.2 Å². The van der Waals surface area contributed by atoms with E-state index in [0.717, 1.165) is 19.4 Å². The third-order valence-corrected chi connectivity index (χ3v) is 5.33. The molecule has 1 amide bonds. The number of hydrogen-bond acceptors (Lipinski definition) is 6. The highest BCUT2D eigenvalue weighted by Crippen LogP contribution is 2.34. The van der Waals surface area contributed by atoms with Crippen LogP contribution in [0.3, 0.4) is 0 Å². The fourth-order valence-corrected chi connectivity index (χ4v) is 3.82. The molecule has 2 unspecified atom stereocenters. The summed E-state index contributed by atoms with van der Waals surface area (Å²) >= 11 is 0. The van der Waals surface area contributed by atoms with Crippen molar-refractivity contribution in [2.75, 3.05) is 26.4 Å². The molecule has 0 aromatic heterocycles. The summed E-state index contributed by atoms with van der Waals surface area (Å²) in [7, 11) is 0. The highest BCUT2D eigenvalue weighted by Gasteiger charge is 2.36. The van der Waals surface area contributed by atoms with Crippen molar-refractivity contribution in [1.82, 2.24) is 15.8 Å². The van der Waals surface area contributed by atoms with Crippen LogP contribution in [0.4, 0.5) is 0 Å². The zero-order valence-corrected chi connectivity index (χ0v) is 14.3. The van der Waals surface area contributed by atoms with Crippen LogP contribution in [0.1, 0.15) is 30.1 Å². The van der Waals surface area contributed by atoms with Gasteiger partial charge in [0.05, 0.1) is 5.92 Å². The molecule has 2 N–H and O–H groups in total. The Morgan fingerprint density at radius 3 is 2.88 bits per heavy atom. The van der Waals surface area contributed by atoms with Crippen LogP contribution in [0.25, 0.3) is 0 Å². The second-order valence-corrected chi connectivity index (χ2v) is 6.98. The van der Waals surface area contributed by atoms with Gasteiger partial charge >= 0.3 is 0 Å². The van der Waals surface area contributed by atoms with Crippen molar-refractivity contribution in [2.24, 2.45) is 11.8 Å². The monoisotopic (exact) mass is 345 g/mol. The van der Waals surface area contributed by atoms with Gasteiger partial charge in [0.1, 0.15) is 0 Å². The number of rotatable bonds is 3. The van der Waals surface area contributed by atoms with Crippen molar-refractivity contribution in [1.29, 1.82) is 0 Å². The molecule has 1 aromatic rings. The van der Waals surface area contributed by atoms with E-state index < -0.39 is 0 Å². The molecule has 0 spiro atoms. The summed E-state index contributed by atoms with van der Waals surface area (Å²) in [6.45, 7) is 4.06. The van der Waals surface area contributed by atoms with Gasteiger partial charge in [-0.3, -0.25) is 20.4 Å². The highest BCUT2D eigenvalue weighted by atomic mass is 16.7. The van der Waals surface area contributed by atoms with Crippen LogP contribution in [0.2, 0.25) is 0 Å². The van der Waals surface area contributed by atoms with Crippen LogP contribution in [0.5, 0.6) is 11.5 Å². The molecule has 2 saturated heterocycles. The minimum absolute atomic E-state index is 0.0700. The number of likely N-dealkylation sites (tertiary alicyclic amines) is 1. The molecule has 0 bridgehead atoms. The molecule has 3 heterocycles. The van der Waals surface area contributed by atoms with Crippen LogP contribution in [-0.2, 0) is 4.79 Å². The number of carbonyl (C=O) groups is 2. The fraction of sp³-hybridized carbons (Fsp3) is 0.556. The predicted molar refractivity (Wildman–Crippen MR) is 90.3 cm³/mol. The third-order valence-electron chi connectivity index (χ3n) is 5.33. The van der Waals surface area contributed by atoms with Crippen LogP contribution in [-0.4, -0.2) is 49.1 Å². The number of hydrogen-bond donors (Lipinski definition) is 2. The van der Waals surface area contributed by atoms with Gasteiger partial charge in [0.15, 0.2) is 17.3 Å². The van der Waals surface area contributed by atoms with Crippen molar-refractivity contribution < 1.29 is 19.1 Å². The van der Waals surface area contributed by atoms with Gasteiger partial charge in [0, 0.05) is 37.2 Å². The number of nitrogens with one attached hydrogen (secondary N) is 2. The summed E-state index contributed by atoms with van der Waals surface area (Å²) in [4.78, 5) is 27.5. The smallest absolute Gasteiger partial charge is 0.231 e. The van der Waals surface area contributed by atoms with E-state index in [1.165, 1.54) is 0 Å². The fourth-order valence-electron chi connectivity index (χ4n) is 3.82. The summed E-state index contributed by atoms with van der Waals surface area (Å²) < 4.78 is 10.7. The van der Waals surface area contributed by atoms with Gasteiger partial charge in [0.25, 0.3) is 0 Å². The molecule has 3 aliphatic heterocycles. The first-order chi connectivity index (χ1) is 12.1. The zero-order chi connectivity index (χ0) is 17.4. The number of carbonyl (C=O) groups excluding carboxylic acids is 2. The van der Waals surface area contributed by atoms with E-state index in [9.17, 15) is 9.59 Å². The topological polar surface area (TPSA) is 79.9 Å². The molecule has 25 heavy (non-hydrogen) atoms. The number of benzene rings is 1. The molecule has 0 saturated carbocycles. The quantitative estimate of drug-likeness (QED) is 0.794. The number of piperidine rings is 1. The minimum atomic E-state index is -0.157. The van der Waals surface area contributed by atoms with E-state index in [2.05, 4.69) is 10.9 Å². The SMILES string of the molecule is CC1NNCC1C(=O)N1CCC[C@H](C(=O)c2ccc3c(c2)OCO3)C1. The van der Waals surface area contributed by atoms with Gasteiger partial charge in [0.2, 0.25) is 12.7 Å². The van der Waals surface area contributed by atoms with Gasteiger partial charge in [-0.1, -0.05) is 0 Å². The molecule has 3 aliphatic rings. The number of ether oxygens (including phenoxy) is 2. The number of ketones is 1. The van der Waals surface area contributed by atoms with Crippen molar-refractivity contribution in [3.8, 4) is 11.5 Å². The Morgan fingerprint density at radius 2 is 2.08 bits per heavy atom. The summed E-state index contributed by atoms with van der Waals surface area (Å²) in [5.41, 5.74) is 6.74. The maximum atomic E-state index is 12.9. The second-order valence-electron chi connectivity index (χ2n) is 6.98. The first kappa shape index (κ1) is 16.4. The zero-order valence-electron chi connectivity index (χ0n) is 14.3. The van der Waals surface area contributed by atoms with Crippen LogP contribution < -0.4 is 20.3 Å². The van der Waals surface area contributed by atoms with Crippen molar-refractivity contribution in [2.45, 2.75) is 25.8 Å². The lowest BCUT2D eigenvalue weighted by Gasteiger charge is -2.34. The Labute approximate surface area is 146 Å². The predicted octanol–water partition coefficient (Wildman–Crippen LogP) is 0.949. The third kappa shape index (κ3) is 3.09. The van der Waals surface area contributed by atoms with Crippen molar-refractivity contribution >= 4 is 11.7 Å². The van der Waals surface area contributed by atoms with Crippen molar-refractivity contribution in [3.05, 3.63) is 23.8 Å². The Morgan fingerprint density at radius 1 is 1.24 bits per heavy atom. The lowest BCUT2D eigenvalue weighted by Crippen LogP contribution is -2.47. The number of fused-ring (bicyclic) bond motifs is 1. The van der Waals surface area contributed by atoms with Gasteiger partial charge in [-0.15, -0.1) is 0 Å². The van der Waals surface area contributed by atoms with E-state index in [4.69, 9.17) is 9.47 Å². The molecule has 2 fully saturated rings. The molecule has 3 atom stereocenters. The van der Waals surface area contributed by atoms with Gasteiger partial charge in [-0.05, 0) is 38.0 Å². The lowest BCUT2D eigenvalue weighted by molar-refractivity contribution is -0.136. The van der Waals surface area contributed by atoms with E-state index in [1.54, 1.807) is 18.2 Å². The second kappa shape index (κ2) is 6.65. The average Bonchev–Trinajstić information content (AvgIpc) is 3.28. The molecule has 1 aromatic carbocycles. The molecule has 4 rings (SSSR count). The van der Waals surface area contributed by atoms with Gasteiger partial charge in [-0.25, -0.2) is 0 Å². The Balaban J connectivity index is 1.45. The van der Waals surface area contributed by atoms with Gasteiger partial charge in [-0.2, -0.15) is 0 Å². The molecule has 7 heteroatoms. The number of hydrazine groups is 1. The van der Waals surface area contributed by atoms with Crippen LogP contribution in [0, 0.1) is 11.8 Å². The Bertz CT molecular complexity index is 693. The summed E-state index contributed by atoms with van der Waals surface area (Å²) in [6.07, 6.45) is 1.67. The molecule has 0 aliphatic carbocycles. The van der Waals surface area contributed by atoms with E-state index in [-0.39, 0.29) is 36.4 Å². The normalized spacial score (nSPS) is 28.2. The summed E-state index contributed by atoms with van der Waals surface area (Å²) in [5, 5.41) is 0. The lowest BCUT2D eigenvalue weighted by atomic mass is 9.89. The average molecular weight is 345 g/mol. The largest absolute Gasteiger partial charge is 0.454 e. The van der Waals surface area contributed by atoms with Crippen molar-refractivity contribution in [3.63, 3.8) is 0 Å². The Kier molecular flexibility index (Phi) is 4.35. The maximum absolute atomic E-state index is 12.9. The van der Waals surface area contributed by atoms with Crippen LogP contribution >= 0.6 is 0 Å². The van der Waals surface area contributed by atoms with Crippen LogP contribution in [0.15, 0.2) is 18.2 Å². The van der Waals surface area contributed by atoms with Gasteiger partial charge < -0.3 is 14.4 Å². The highest BCUT2D eigenvalue weighted by molar-refractivity contribution is 5.99. The Hall–Kier alpha value is -2.12. The number of nitrogens with zero attached hydrogens (tertiary/aromatic N) is 1. The van der Waals surface area contributed by atoms with E-state index >= 15 is 0 Å². The maximum Gasteiger partial charge on any atom is 0.231 e. The molecular weight excluding hydrogens is 322 g/mol. The number of Topliss-reactive ketones (excluding diaryl/α,β-unsaturated/α-hetero) is 1. The number of amides is 1. The molecular formula is C18H23N3O4. The molecule has 7 nitrogen and oxygen atoms in total. The van der Waals surface area contributed by atoms with E-state index in [1.807, 2.05) is 11.8 Å². The first-order valence-electron chi connectivity index (χ1n) is 8.84. The molecule has 134 valence electrons. The summed E-state index contributed by atoms with van der Waals surface area (Å²) in [6, 6.07) is 5.41. The molecule has 0 radical (unpaired) electrons. The summed E-state index contributed by atoms with van der Waals surface area (Å²) in [5.74, 6) is 1.27. The minimum Gasteiger partial charge on any atom is -0.454 e. The standard InChI is InChI=1S/C18H23N3O4/c1-11-14(8-19-20-11)18(23)21-6-2-3-13(9-21)17(22)12-4-5-15-16(7-12)25-10-24-15/h4-5,7,11,13-14,19-20H,2-3,6,8-10H2,1H3/t11?,13-,14?/m0/s1.